The largest absolute Gasteiger partial charge is 0.378 e. The van der Waals surface area contributed by atoms with E-state index in [1.54, 1.807) is 6.07 Å². The summed E-state index contributed by atoms with van der Waals surface area (Å²) in [5, 5.41) is 3.77. The van der Waals surface area contributed by atoms with Crippen LogP contribution in [0.5, 0.6) is 0 Å². The van der Waals surface area contributed by atoms with E-state index in [1.807, 2.05) is 14.1 Å². The highest BCUT2D eigenvalue weighted by Gasteiger charge is 2.02. The lowest BCUT2D eigenvalue weighted by Gasteiger charge is -2.13. The molecule has 0 aliphatic heterocycles. The van der Waals surface area contributed by atoms with Crippen molar-refractivity contribution in [3.05, 3.63) is 64.4 Å². The Morgan fingerprint density at radius 1 is 1.05 bits per heavy atom. The average Bonchev–Trinajstić information content (AvgIpc) is 2.42. The van der Waals surface area contributed by atoms with Gasteiger partial charge in [0.15, 0.2) is 0 Å². The van der Waals surface area contributed by atoms with Gasteiger partial charge in [0.25, 0.3) is 0 Å². The van der Waals surface area contributed by atoms with Crippen LogP contribution in [0.15, 0.2) is 42.5 Å². The molecule has 2 aromatic rings. The summed E-state index contributed by atoms with van der Waals surface area (Å²) < 4.78 is 12.9. The molecule has 0 amide bonds. The third-order valence-electron chi connectivity index (χ3n) is 3.11. The van der Waals surface area contributed by atoms with Crippen molar-refractivity contribution in [2.45, 2.75) is 13.1 Å². The second kappa shape index (κ2) is 6.73. The van der Waals surface area contributed by atoms with Crippen LogP contribution in [0.25, 0.3) is 0 Å². The predicted octanol–water partition coefficient (Wildman–Crippen LogP) is 3.83. The van der Waals surface area contributed by atoms with Gasteiger partial charge in [-0.05, 0) is 35.4 Å². The lowest BCUT2D eigenvalue weighted by molar-refractivity contribution is 0.625. The van der Waals surface area contributed by atoms with Crippen LogP contribution in [0.4, 0.5) is 10.1 Å². The first-order chi connectivity index (χ1) is 9.56. The fourth-order valence-corrected chi connectivity index (χ4v) is 2.15. The number of hydrogen-bond acceptors (Lipinski definition) is 2. The van der Waals surface area contributed by atoms with E-state index in [9.17, 15) is 4.39 Å². The summed E-state index contributed by atoms with van der Waals surface area (Å²) in [6, 6.07) is 12.8. The van der Waals surface area contributed by atoms with Gasteiger partial charge in [-0.1, -0.05) is 29.8 Å². The van der Waals surface area contributed by atoms with Crippen LogP contribution in [-0.2, 0) is 13.1 Å². The molecule has 0 saturated carbocycles. The van der Waals surface area contributed by atoms with Gasteiger partial charge in [0.1, 0.15) is 5.82 Å². The molecule has 106 valence electrons. The van der Waals surface area contributed by atoms with Crippen LogP contribution < -0.4 is 10.2 Å². The van der Waals surface area contributed by atoms with Crippen LogP contribution >= 0.6 is 11.6 Å². The fourth-order valence-electron chi connectivity index (χ4n) is 1.92. The molecule has 4 heteroatoms. The molecule has 2 nitrogen and oxygen atoms in total. The maximum Gasteiger partial charge on any atom is 0.124 e. The lowest BCUT2D eigenvalue weighted by Crippen LogP contribution is -2.13. The van der Waals surface area contributed by atoms with Crippen LogP contribution in [0.3, 0.4) is 0 Å². The van der Waals surface area contributed by atoms with Crippen molar-refractivity contribution < 1.29 is 4.39 Å². The number of halogens is 2. The Kier molecular flexibility index (Phi) is 4.99. The average molecular weight is 293 g/mol. The molecular formula is C16H18ClFN2. The van der Waals surface area contributed by atoms with Crippen LogP contribution in [0.1, 0.15) is 11.1 Å². The Morgan fingerprint density at radius 3 is 2.35 bits per heavy atom. The van der Waals surface area contributed by atoms with E-state index in [1.165, 1.54) is 23.4 Å². The Morgan fingerprint density at radius 2 is 1.75 bits per heavy atom. The van der Waals surface area contributed by atoms with Gasteiger partial charge >= 0.3 is 0 Å². The highest BCUT2D eigenvalue weighted by molar-refractivity contribution is 6.31. The first kappa shape index (κ1) is 14.8. The molecule has 0 saturated heterocycles. The van der Waals surface area contributed by atoms with E-state index in [4.69, 9.17) is 11.6 Å². The maximum atomic E-state index is 12.9. The van der Waals surface area contributed by atoms with Crippen molar-refractivity contribution in [2.24, 2.45) is 0 Å². The summed E-state index contributed by atoms with van der Waals surface area (Å²) in [6.07, 6.45) is 0. The minimum atomic E-state index is -0.307. The molecule has 2 aromatic carbocycles. The SMILES string of the molecule is CN(C)c1ccc(CNCc2ccc(F)cc2Cl)cc1. The molecule has 0 aromatic heterocycles. The quantitative estimate of drug-likeness (QED) is 0.901. The van der Waals surface area contributed by atoms with Crippen molar-refractivity contribution in [1.82, 2.24) is 5.32 Å². The number of nitrogens with one attached hydrogen (secondary N) is 1. The Bertz CT molecular complexity index is 567. The fraction of sp³-hybridized carbons (Fsp3) is 0.250. The van der Waals surface area contributed by atoms with Gasteiger partial charge in [-0.25, -0.2) is 4.39 Å². The standard InChI is InChI=1S/C16H18ClFN2/c1-20(2)15-7-3-12(4-8-15)10-19-11-13-5-6-14(18)9-16(13)17/h3-9,19H,10-11H2,1-2H3. The number of hydrogen-bond donors (Lipinski definition) is 1. The molecule has 0 atom stereocenters. The van der Waals surface area contributed by atoms with Gasteiger partial charge in [-0.15, -0.1) is 0 Å². The molecule has 2 rings (SSSR count). The van der Waals surface area contributed by atoms with Gasteiger partial charge < -0.3 is 10.2 Å². The lowest BCUT2D eigenvalue weighted by atomic mass is 10.2. The Balaban J connectivity index is 1.89. The van der Waals surface area contributed by atoms with Crippen LogP contribution in [0.2, 0.25) is 5.02 Å². The predicted molar refractivity (Wildman–Crippen MR) is 82.7 cm³/mol. The number of benzene rings is 2. The zero-order valence-electron chi connectivity index (χ0n) is 11.7. The summed E-state index contributed by atoms with van der Waals surface area (Å²) in [5.74, 6) is -0.307. The first-order valence-corrected chi connectivity index (χ1v) is 6.85. The summed E-state index contributed by atoms with van der Waals surface area (Å²) in [7, 11) is 4.04. The molecule has 0 aliphatic carbocycles. The van der Waals surface area contributed by atoms with Crippen molar-refractivity contribution in [3.8, 4) is 0 Å². The molecule has 0 bridgehead atoms. The normalized spacial score (nSPS) is 10.6. The van der Waals surface area contributed by atoms with E-state index in [-0.39, 0.29) is 5.82 Å². The van der Waals surface area contributed by atoms with E-state index in [0.717, 1.165) is 12.1 Å². The summed E-state index contributed by atoms with van der Waals surface area (Å²) in [6.45, 7) is 1.37. The third-order valence-corrected chi connectivity index (χ3v) is 3.46. The van der Waals surface area contributed by atoms with E-state index >= 15 is 0 Å². The monoisotopic (exact) mass is 292 g/mol. The number of rotatable bonds is 5. The minimum Gasteiger partial charge on any atom is -0.378 e. The number of nitrogens with zero attached hydrogens (tertiary/aromatic N) is 1. The summed E-state index contributed by atoms with van der Waals surface area (Å²) in [5.41, 5.74) is 3.28. The Labute approximate surface area is 124 Å². The third kappa shape index (κ3) is 3.95. The molecular weight excluding hydrogens is 275 g/mol. The smallest absolute Gasteiger partial charge is 0.124 e. The second-order valence-electron chi connectivity index (χ2n) is 4.90. The highest BCUT2D eigenvalue weighted by Crippen LogP contribution is 2.17. The van der Waals surface area contributed by atoms with Crippen LogP contribution in [0, 0.1) is 5.82 Å². The zero-order valence-corrected chi connectivity index (χ0v) is 12.4. The second-order valence-corrected chi connectivity index (χ2v) is 5.31. The van der Waals surface area contributed by atoms with E-state index < -0.39 is 0 Å². The topological polar surface area (TPSA) is 15.3 Å². The van der Waals surface area contributed by atoms with Crippen molar-refractivity contribution in [1.29, 1.82) is 0 Å². The first-order valence-electron chi connectivity index (χ1n) is 6.47. The summed E-state index contributed by atoms with van der Waals surface area (Å²) in [4.78, 5) is 2.06. The molecule has 0 unspecified atom stereocenters. The van der Waals surface area contributed by atoms with Gasteiger partial charge in [-0.2, -0.15) is 0 Å². The van der Waals surface area contributed by atoms with Gasteiger partial charge in [0.2, 0.25) is 0 Å². The van der Waals surface area contributed by atoms with Gasteiger partial charge in [0.05, 0.1) is 0 Å². The molecule has 0 heterocycles. The molecule has 0 fully saturated rings. The minimum absolute atomic E-state index is 0.307. The van der Waals surface area contributed by atoms with Crippen molar-refractivity contribution >= 4 is 17.3 Å². The van der Waals surface area contributed by atoms with Gasteiger partial charge in [-0.3, -0.25) is 0 Å². The molecule has 20 heavy (non-hydrogen) atoms. The molecule has 0 radical (unpaired) electrons. The highest BCUT2D eigenvalue weighted by atomic mass is 35.5. The van der Waals surface area contributed by atoms with E-state index in [0.29, 0.717) is 11.6 Å². The summed E-state index contributed by atoms with van der Waals surface area (Å²) >= 11 is 5.98. The number of anilines is 1. The Hall–Kier alpha value is -1.58. The van der Waals surface area contributed by atoms with Crippen molar-refractivity contribution in [3.63, 3.8) is 0 Å². The zero-order chi connectivity index (χ0) is 14.5. The molecule has 0 aliphatic rings. The molecule has 0 spiro atoms. The maximum absolute atomic E-state index is 12.9. The van der Waals surface area contributed by atoms with Gasteiger partial charge in [0, 0.05) is 37.9 Å². The van der Waals surface area contributed by atoms with Crippen LogP contribution in [-0.4, -0.2) is 14.1 Å². The van der Waals surface area contributed by atoms with E-state index in [2.05, 4.69) is 34.5 Å². The molecule has 1 N–H and O–H groups in total. The van der Waals surface area contributed by atoms with Crippen molar-refractivity contribution in [2.75, 3.05) is 19.0 Å².